The lowest BCUT2D eigenvalue weighted by atomic mass is 9.92. The zero-order valence-electron chi connectivity index (χ0n) is 17.9. The molecule has 0 saturated heterocycles. The minimum atomic E-state index is -0.407. The van der Waals surface area contributed by atoms with Crippen LogP contribution in [0.5, 0.6) is 0 Å². The van der Waals surface area contributed by atoms with Crippen molar-refractivity contribution in [3.63, 3.8) is 0 Å². The van der Waals surface area contributed by atoms with Crippen molar-refractivity contribution < 1.29 is 19.5 Å². The number of benzene rings is 2. The van der Waals surface area contributed by atoms with Crippen molar-refractivity contribution in [3.8, 4) is 0 Å². The number of nitrogens with one attached hydrogen (secondary N) is 1. The molecule has 2 aromatic carbocycles. The Balaban J connectivity index is 2.03. The van der Waals surface area contributed by atoms with E-state index in [0.29, 0.717) is 29.8 Å². The fourth-order valence-electron chi connectivity index (χ4n) is 3.74. The van der Waals surface area contributed by atoms with Crippen LogP contribution in [-0.4, -0.2) is 36.0 Å². The van der Waals surface area contributed by atoms with Crippen LogP contribution in [0, 0.1) is 0 Å². The number of hydrogen-bond donors (Lipinski definition) is 2. The van der Waals surface area contributed by atoms with E-state index >= 15 is 0 Å². The maximum absolute atomic E-state index is 13.3. The molecule has 0 unspecified atom stereocenters. The molecule has 3 amide bonds. The van der Waals surface area contributed by atoms with Crippen LogP contribution in [0.2, 0.25) is 0 Å². The van der Waals surface area contributed by atoms with Gasteiger partial charge < -0.3 is 10.4 Å². The molecule has 30 heavy (non-hydrogen) atoms. The monoisotopic (exact) mass is 408 g/mol. The quantitative estimate of drug-likeness (QED) is 0.538. The smallest absolute Gasteiger partial charge is 0.266 e. The molecule has 0 radical (unpaired) electrons. The summed E-state index contributed by atoms with van der Waals surface area (Å²) < 4.78 is 0. The van der Waals surface area contributed by atoms with E-state index in [0.717, 1.165) is 11.1 Å². The summed E-state index contributed by atoms with van der Waals surface area (Å²) in [5, 5.41) is 11.6. The number of carbonyl (C=O) groups is 3. The summed E-state index contributed by atoms with van der Waals surface area (Å²) in [6.07, 6.45) is 0.450. The molecule has 0 aliphatic carbocycles. The molecule has 158 valence electrons. The van der Waals surface area contributed by atoms with Gasteiger partial charge in [-0.1, -0.05) is 45.9 Å². The van der Waals surface area contributed by atoms with Crippen molar-refractivity contribution in [1.82, 2.24) is 5.32 Å². The summed E-state index contributed by atoms with van der Waals surface area (Å²) in [6, 6.07) is 10.5. The lowest BCUT2D eigenvalue weighted by molar-refractivity contribution is 0.0922. The van der Waals surface area contributed by atoms with Gasteiger partial charge in [-0.2, -0.15) is 0 Å². The second-order valence-corrected chi connectivity index (χ2v) is 8.13. The summed E-state index contributed by atoms with van der Waals surface area (Å²) in [7, 11) is 0. The van der Waals surface area contributed by atoms with Crippen LogP contribution in [0.15, 0.2) is 36.4 Å². The third kappa shape index (κ3) is 3.87. The van der Waals surface area contributed by atoms with Crippen LogP contribution < -0.4 is 10.2 Å². The highest BCUT2D eigenvalue weighted by Gasteiger charge is 2.39. The molecule has 0 atom stereocenters. The van der Waals surface area contributed by atoms with Crippen molar-refractivity contribution in [2.75, 3.05) is 18.1 Å². The number of imide groups is 1. The van der Waals surface area contributed by atoms with Crippen LogP contribution in [0.4, 0.5) is 5.69 Å². The van der Waals surface area contributed by atoms with Crippen molar-refractivity contribution in [2.24, 2.45) is 0 Å². The molecule has 6 heteroatoms. The Morgan fingerprint density at radius 1 is 0.967 bits per heavy atom. The van der Waals surface area contributed by atoms with Crippen molar-refractivity contribution in [1.29, 1.82) is 0 Å². The van der Waals surface area contributed by atoms with Gasteiger partial charge in [0.2, 0.25) is 0 Å². The van der Waals surface area contributed by atoms with Crippen LogP contribution in [0.3, 0.4) is 0 Å². The first kappa shape index (κ1) is 21.7. The maximum atomic E-state index is 13.3. The first-order chi connectivity index (χ1) is 14.3. The number of para-hydroxylation sites is 1. The molecule has 0 bridgehead atoms. The molecule has 1 heterocycles. The zero-order valence-corrected chi connectivity index (χ0v) is 17.9. The molecule has 0 fully saturated rings. The van der Waals surface area contributed by atoms with Gasteiger partial charge in [0.05, 0.1) is 16.8 Å². The molecule has 0 aromatic heterocycles. The summed E-state index contributed by atoms with van der Waals surface area (Å²) in [4.78, 5) is 40.2. The van der Waals surface area contributed by atoms with E-state index < -0.39 is 5.91 Å². The topological polar surface area (TPSA) is 86.7 Å². The molecule has 2 N–H and O–H groups in total. The highest BCUT2D eigenvalue weighted by Crippen LogP contribution is 2.39. The van der Waals surface area contributed by atoms with Gasteiger partial charge in [-0.05, 0) is 47.6 Å². The van der Waals surface area contributed by atoms with E-state index in [2.05, 4.69) is 5.32 Å². The number of fused-ring (bicyclic) bond motifs is 1. The van der Waals surface area contributed by atoms with Crippen molar-refractivity contribution in [3.05, 3.63) is 64.2 Å². The molecule has 3 rings (SSSR count). The van der Waals surface area contributed by atoms with E-state index in [1.165, 1.54) is 11.0 Å². The highest BCUT2D eigenvalue weighted by molar-refractivity contribution is 6.35. The van der Waals surface area contributed by atoms with Gasteiger partial charge in [0, 0.05) is 18.7 Å². The Morgan fingerprint density at radius 3 is 2.13 bits per heavy atom. The molecule has 1 aliphatic heterocycles. The van der Waals surface area contributed by atoms with Gasteiger partial charge in [-0.3, -0.25) is 14.4 Å². The van der Waals surface area contributed by atoms with E-state index in [4.69, 9.17) is 5.11 Å². The highest BCUT2D eigenvalue weighted by atomic mass is 16.3. The summed E-state index contributed by atoms with van der Waals surface area (Å²) in [5.41, 5.74) is 3.40. The average Bonchev–Trinajstić information content (AvgIpc) is 2.97. The van der Waals surface area contributed by atoms with Crippen molar-refractivity contribution >= 4 is 23.4 Å². The molecule has 1 aliphatic rings. The molecule has 2 aromatic rings. The summed E-state index contributed by atoms with van der Waals surface area (Å²) in [5.74, 6) is -0.839. The van der Waals surface area contributed by atoms with E-state index in [-0.39, 0.29) is 35.8 Å². The van der Waals surface area contributed by atoms with Crippen LogP contribution >= 0.6 is 0 Å². The number of rotatable bonds is 7. The number of hydrogen-bond acceptors (Lipinski definition) is 4. The Bertz CT molecular complexity index is 968. The average molecular weight is 408 g/mol. The van der Waals surface area contributed by atoms with Crippen LogP contribution in [0.25, 0.3) is 0 Å². The summed E-state index contributed by atoms with van der Waals surface area (Å²) in [6.45, 7) is 8.47. The van der Waals surface area contributed by atoms with Gasteiger partial charge in [0.15, 0.2) is 0 Å². The fraction of sp³-hybridized carbons (Fsp3) is 0.375. The van der Waals surface area contributed by atoms with Crippen LogP contribution in [-0.2, 0) is 0 Å². The predicted octanol–water partition coefficient (Wildman–Crippen LogP) is 3.85. The largest absolute Gasteiger partial charge is 0.396 e. The van der Waals surface area contributed by atoms with Gasteiger partial charge >= 0.3 is 0 Å². The van der Waals surface area contributed by atoms with E-state index in [9.17, 15) is 14.4 Å². The predicted molar refractivity (Wildman–Crippen MR) is 116 cm³/mol. The molecular weight excluding hydrogens is 380 g/mol. The Kier molecular flexibility index (Phi) is 6.37. The normalized spacial score (nSPS) is 13.4. The minimum absolute atomic E-state index is 0.0140. The second kappa shape index (κ2) is 8.79. The Labute approximate surface area is 176 Å². The van der Waals surface area contributed by atoms with Gasteiger partial charge in [-0.25, -0.2) is 4.90 Å². The van der Waals surface area contributed by atoms with Gasteiger partial charge in [-0.15, -0.1) is 0 Å². The molecule has 0 saturated carbocycles. The minimum Gasteiger partial charge on any atom is -0.396 e. The molecule has 6 nitrogen and oxygen atoms in total. The molecular formula is C24H28N2O4. The zero-order chi connectivity index (χ0) is 22.0. The first-order valence-corrected chi connectivity index (χ1v) is 10.3. The maximum Gasteiger partial charge on any atom is 0.266 e. The van der Waals surface area contributed by atoms with Crippen molar-refractivity contribution in [2.45, 2.75) is 46.0 Å². The number of anilines is 1. The standard InChI is InChI=1S/C24H28N2O4/c1-14(2)17-7-5-8-18(15(3)4)21(17)26-23(29)19-10-9-16(13-20(19)24(26)30)22(28)25-11-6-12-27/h5,7-10,13-15,27H,6,11-12H2,1-4H3,(H,25,28). The Morgan fingerprint density at radius 2 is 1.57 bits per heavy atom. The lowest BCUT2D eigenvalue weighted by Gasteiger charge is -2.25. The lowest BCUT2D eigenvalue weighted by Crippen LogP contribution is -2.31. The number of carbonyl (C=O) groups excluding carboxylic acids is 3. The third-order valence-corrected chi connectivity index (χ3v) is 5.34. The number of aliphatic hydroxyl groups excluding tert-OH is 1. The SMILES string of the molecule is CC(C)c1cccc(C(C)C)c1N1C(=O)c2ccc(C(=O)NCCCO)cc2C1=O. The number of amides is 3. The second-order valence-electron chi connectivity index (χ2n) is 8.13. The summed E-state index contributed by atoms with van der Waals surface area (Å²) >= 11 is 0. The number of nitrogens with zero attached hydrogens (tertiary/aromatic N) is 1. The fourth-order valence-corrected chi connectivity index (χ4v) is 3.74. The number of aliphatic hydroxyl groups is 1. The third-order valence-electron chi connectivity index (χ3n) is 5.34. The van der Waals surface area contributed by atoms with Gasteiger partial charge in [0.1, 0.15) is 0 Å². The molecule has 0 spiro atoms. The first-order valence-electron chi connectivity index (χ1n) is 10.3. The van der Waals surface area contributed by atoms with Gasteiger partial charge in [0.25, 0.3) is 17.7 Å². The van der Waals surface area contributed by atoms with E-state index in [1.807, 2.05) is 45.9 Å². The Hall–Kier alpha value is -2.99. The van der Waals surface area contributed by atoms with Crippen LogP contribution in [0.1, 0.15) is 88.2 Å². The van der Waals surface area contributed by atoms with E-state index in [1.54, 1.807) is 12.1 Å².